The Kier molecular flexibility index (Phi) is 4.46. The lowest BCUT2D eigenvalue weighted by Crippen LogP contribution is -2.41. The van der Waals surface area contributed by atoms with Gasteiger partial charge in [-0.1, -0.05) is 13.0 Å². The van der Waals surface area contributed by atoms with E-state index < -0.39 is 4.92 Å². The lowest BCUT2D eigenvalue weighted by atomic mass is 10.1. The van der Waals surface area contributed by atoms with E-state index in [4.69, 9.17) is 5.84 Å². The molecule has 1 aromatic rings. The Morgan fingerprint density at radius 2 is 2.35 bits per heavy atom. The van der Waals surface area contributed by atoms with Crippen molar-refractivity contribution in [2.75, 3.05) is 24.3 Å². The fraction of sp³-hybridized carbons (Fsp3) is 0.417. The Morgan fingerprint density at radius 3 is 2.95 bits per heavy atom. The maximum atomic E-state index is 12.5. The van der Waals surface area contributed by atoms with Crippen molar-refractivity contribution in [3.63, 3.8) is 0 Å². The van der Waals surface area contributed by atoms with Crippen LogP contribution in [0, 0.1) is 10.1 Å². The molecular formula is C12H16N4O3S. The fourth-order valence-electron chi connectivity index (χ4n) is 2.20. The van der Waals surface area contributed by atoms with E-state index in [1.54, 1.807) is 11.0 Å². The summed E-state index contributed by atoms with van der Waals surface area (Å²) in [6.45, 7) is 3.33. The SMILES string of the molecule is CC1CN(C(=O)c2cccc([N+](=O)[O-])c2NN)CCS1. The Hall–Kier alpha value is -1.80. The first-order valence-electron chi connectivity index (χ1n) is 6.19. The summed E-state index contributed by atoms with van der Waals surface area (Å²) in [6, 6.07) is 4.37. The van der Waals surface area contributed by atoms with Crippen molar-refractivity contribution in [3.8, 4) is 0 Å². The molecule has 1 atom stereocenters. The van der Waals surface area contributed by atoms with Gasteiger partial charge in [-0.3, -0.25) is 20.8 Å². The summed E-state index contributed by atoms with van der Waals surface area (Å²) in [7, 11) is 0. The average Bonchev–Trinajstić information content (AvgIpc) is 2.45. The van der Waals surface area contributed by atoms with E-state index in [9.17, 15) is 14.9 Å². The van der Waals surface area contributed by atoms with Crippen molar-refractivity contribution in [3.05, 3.63) is 33.9 Å². The highest BCUT2D eigenvalue weighted by molar-refractivity contribution is 7.99. The van der Waals surface area contributed by atoms with E-state index in [2.05, 4.69) is 12.3 Å². The minimum atomic E-state index is -0.555. The number of nitrogens with zero attached hydrogens (tertiary/aromatic N) is 2. The summed E-state index contributed by atoms with van der Waals surface area (Å²) in [4.78, 5) is 24.6. The third-order valence-corrected chi connectivity index (χ3v) is 4.28. The zero-order chi connectivity index (χ0) is 14.7. The standard InChI is InChI=1S/C12H16N4O3S/c1-8-7-15(5-6-20-8)12(17)9-3-2-4-10(16(18)19)11(9)14-13/h2-4,8,14H,5-7,13H2,1H3. The number of nitrogens with two attached hydrogens (primary N) is 1. The molecule has 1 fully saturated rings. The molecule has 0 radical (unpaired) electrons. The molecule has 1 unspecified atom stereocenters. The number of para-hydroxylation sites is 1. The second-order valence-corrected chi connectivity index (χ2v) is 6.08. The average molecular weight is 296 g/mol. The highest BCUT2D eigenvalue weighted by atomic mass is 32.2. The third kappa shape index (κ3) is 2.86. The molecule has 0 aliphatic carbocycles. The molecule has 20 heavy (non-hydrogen) atoms. The number of carbonyl (C=O) groups excluding carboxylic acids is 1. The molecule has 1 amide bonds. The van der Waals surface area contributed by atoms with Gasteiger partial charge in [-0.15, -0.1) is 0 Å². The summed E-state index contributed by atoms with van der Waals surface area (Å²) in [5, 5.41) is 11.3. The largest absolute Gasteiger partial charge is 0.337 e. The Balaban J connectivity index is 2.34. The lowest BCUT2D eigenvalue weighted by molar-refractivity contribution is -0.384. The van der Waals surface area contributed by atoms with E-state index >= 15 is 0 Å². The van der Waals surface area contributed by atoms with Gasteiger partial charge in [0, 0.05) is 30.2 Å². The molecule has 1 aliphatic heterocycles. The Labute approximate surface area is 120 Å². The molecule has 0 saturated carbocycles. The predicted molar refractivity (Wildman–Crippen MR) is 78.7 cm³/mol. The smallest absolute Gasteiger partial charge is 0.294 e. The van der Waals surface area contributed by atoms with Gasteiger partial charge in [0.05, 0.1) is 10.5 Å². The molecule has 1 heterocycles. The number of hydrogen-bond acceptors (Lipinski definition) is 6. The zero-order valence-corrected chi connectivity index (χ0v) is 11.9. The first kappa shape index (κ1) is 14.6. The molecule has 3 N–H and O–H groups in total. The van der Waals surface area contributed by atoms with Gasteiger partial charge in [0.2, 0.25) is 0 Å². The van der Waals surface area contributed by atoms with E-state index in [1.807, 2.05) is 11.8 Å². The number of thioether (sulfide) groups is 1. The van der Waals surface area contributed by atoms with Gasteiger partial charge in [-0.2, -0.15) is 11.8 Å². The van der Waals surface area contributed by atoms with Crippen LogP contribution in [0.5, 0.6) is 0 Å². The van der Waals surface area contributed by atoms with Crippen molar-refractivity contribution >= 4 is 29.0 Å². The van der Waals surface area contributed by atoms with Gasteiger partial charge in [0.25, 0.3) is 11.6 Å². The van der Waals surface area contributed by atoms with Crippen molar-refractivity contribution in [2.24, 2.45) is 5.84 Å². The van der Waals surface area contributed by atoms with Crippen molar-refractivity contribution < 1.29 is 9.72 Å². The van der Waals surface area contributed by atoms with Gasteiger partial charge in [-0.25, -0.2) is 0 Å². The van der Waals surface area contributed by atoms with Crippen LogP contribution in [0.15, 0.2) is 18.2 Å². The number of hydrazine groups is 1. The van der Waals surface area contributed by atoms with E-state index in [0.717, 1.165) is 5.75 Å². The summed E-state index contributed by atoms with van der Waals surface area (Å²) in [6.07, 6.45) is 0. The van der Waals surface area contributed by atoms with Crippen LogP contribution in [0.3, 0.4) is 0 Å². The van der Waals surface area contributed by atoms with Crippen molar-refractivity contribution in [1.29, 1.82) is 0 Å². The Morgan fingerprint density at radius 1 is 1.60 bits per heavy atom. The number of benzene rings is 1. The zero-order valence-electron chi connectivity index (χ0n) is 11.0. The highest BCUT2D eigenvalue weighted by Gasteiger charge is 2.27. The minimum Gasteiger partial charge on any atom is -0.337 e. The van der Waals surface area contributed by atoms with Crippen LogP contribution >= 0.6 is 11.8 Å². The molecule has 108 valence electrons. The minimum absolute atomic E-state index is 0.0633. The number of amides is 1. The van der Waals surface area contributed by atoms with Crippen molar-refractivity contribution in [2.45, 2.75) is 12.2 Å². The molecule has 7 nitrogen and oxygen atoms in total. The first-order valence-corrected chi connectivity index (χ1v) is 7.24. The van der Waals surface area contributed by atoms with Crippen LogP contribution in [-0.4, -0.2) is 39.8 Å². The van der Waals surface area contributed by atoms with Gasteiger partial charge in [0.1, 0.15) is 5.69 Å². The van der Waals surface area contributed by atoms with Crippen LogP contribution in [-0.2, 0) is 0 Å². The third-order valence-electron chi connectivity index (χ3n) is 3.14. The normalized spacial score (nSPS) is 18.7. The summed E-state index contributed by atoms with van der Waals surface area (Å²) < 4.78 is 0. The molecular weight excluding hydrogens is 280 g/mol. The maximum Gasteiger partial charge on any atom is 0.294 e. The number of anilines is 1. The molecule has 1 aliphatic rings. The first-order chi connectivity index (χ1) is 9.54. The van der Waals surface area contributed by atoms with Gasteiger partial charge in [-0.05, 0) is 6.07 Å². The number of rotatable bonds is 3. The second kappa shape index (κ2) is 6.10. The Bertz CT molecular complexity index is 537. The predicted octanol–water partition coefficient (Wildman–Crippen LogP) is 1.46. The van der Waals surface area contributed by atoms with E-state index in [-0.39, 0.29) is 22.8 Å². The van der Waals surface area contributed by atoms with E-state index in [0.29, 0.717) is 18.3 Å². The van der Waals surface area contributed by atoms with Crippen molar-refractivity contribution in [1.82, 2.24) is 4.90 Å². The number of carbonyl (C=O) groups is 1. The summed E-state index contributed by atoms with van der Waals surface area (Å²) in [5.74, 6) is 5.99. The highest BCUT2D eigenvalue weighted by Crippen LogP contribution is 2.29. The van der Waals surface area contributed by atoms with Crippen LogP contribution in [0.1, 0.15) is 17.3 Å². The number of nitro benzene ring substituents is 1. The fourth-order valence-corrected chi connectivity index (χ4v) is 3.21. The molecule has 0 spiro atoms. The molecule has 1 saturated heterocycles. The van der Waals surface area contributed by atoms with E-state index in [1.165, 1.54) is 12.1 Å². The lowest BCUT2D eigenvalue weighted by Gasteiger charge is -2.31. The molecule has 0 aromatic heterocycles. The van der Waals surface area contributed by atoms with Gasteiger partial charge < -0.3 is 10.3 Å². The molecule has 8 heteroatoms. The second-order valence-electron chi connectivity index (χ2n) is 4.53. The number of nitrogens with one attached hydrogen (secondary N) is 1. The summed E-state index contributed by atoms with van der Waals surface area (Å²) >= 11 is 1.81. The molecule has 2 rings (SSSR count). The number of nitrogen functional groups attached to an aromatic ring is 1. The van der Waals surface area contributed by atoms with Crippen LogP contribution < -0.4 is 11.3 Å². The topological polar surface area (TPSA) is 102 Å². The van der Waals surface area contributed by atoms with Gasteiger partial charge >= 0.3 is 0 Å². The van der Waals surface area contributed by atoms with Gasteiger partial charge in [0.15, 0.2) is 0 Å². The summed E-state index contributed by atoms with van der Waals surface area (Å²) in [5.41, 5.74) is 2.39. The van der Waals surface area contributed by atoms with Crippen LogP contribution in [0.25, 0.3) is 0 Å². The monoisotopic (exact) mass is 296 g/mol. The molecule has 0 bridgehead atoms. The van der Waals surface area contributed by atoms with Crippen LogP contribution in [0.4, 0.5) is 11.4 Å². The van der Waals surface area contributed by atoms with Crippen LogP contribution in [0.2, 0.25) is 0 Å². The maximum absolute atomic E-state index is 12.5. The number of hydrogen-bond donors (Lipinski definition) is 2. The quantitative estimate of drug-likeness (QED) is 0.497. The number of nitro groups is 1. The molecule has 1 aromatic carbocycles.